The Hall–Kier alpha value is -3.46. The molecule has 1 N–H and O–H groups in total. The molecule has 1 saturated heterocycles. The molecule has 2 aromatic rings. The number of rotatable bonds is 10. The zero-order valence-corrected chi connectivity index (χ0v) is 20.3. The van der Waals surface area contributed by atoms with Crippen LogP contribution in [0.1, 0.15) is 12.0 Å². The van der Waals surface area contributed by atoms with Crippen molar-refractivity contribution < 1.29 is 28.5 Å². The zero-order chi connectivity index (χ0) is 24.5. The smallest absolute Gasteiger partial charge is 0.243 e. The number of nitrogens with one attached hydrogen (secondary N) is 1. The molecule has 1 aliphatic rings. The first-order chi connectivity index (χ1) is 16.4. The number of aryl methyl sites for hydroxylation is 1. The first-order valence-corrected chi connectivity index (χ1v) is 11.2. The Labute approximate surface area is 200 Å². The molecule has 9 heteroatoms. The second kappa shape index (κ2) is 12.1. The fourth-order valence-corrected chi connectivity index (χ4v) is 3.80. The van der Waals surface area contributed by atoms with Crippen molar-refractivity contribution >= 4 is 23.2 Å². The summed E-state index contributed by atoms with van der Waals surface area (Å²) in [4.78, 5) is 28.7. The molecule has 0 spiro atoms. The lowest BCUT2D eigenvalue weighted by Crippen LogP contribution is -2.36. The van der Waals surface area contributed by atoms with Crippen molar-refractivity contribution in [3.05, 3.63) is 42.0 Å². The van der Waals surface area contributed by atoms with Crippen LogP contribution >= 0.6 is 0 Å². The Morgan fingerprint density at radius 1 is 1.00 bits per heavy atom. The highest BCUT2D eigenvalue weighted by Crippen LogP contribution is 2.38. The molecule has 0 bridgehead atoms. The third kappa shape index (κ3) is 6.54. The summed E-state index contributed by atoms with van der Waals surface area (Å²) in [7, 11) is 6.27. The van der Waals surface area contributed by atoms with Gasteiger partial charge in [-0.1, -0.05) is 0 Å². The van der Waals surface area contributed by atoms with Crippen LogP contribution in [0.15, 0.2) is 36.4 Å². The van der Waals surface area contributed by atoms with Crippen LogP contribution in [0.2, 0.25) is 0 Å². The molecule has 0 aliphatic carbocycles. The second-order valence-electron chi connectivity index (χ2n) is 7.98. The minimum absolute atomic E-state index is 0.0285. The topological polar surface area (TPSA) is 89.6 Å². The number of hydrogen-bond acceptors (Lipinski definition) is 7. The lowest BCUT2D eigenvalue weighted by atomic mass is 10.1. The molecule has 2 aromatic carbocycles. The van der Waals surface area contributed by atoms with Crippen LogP contribution in [-0.2, 0) is 20.7 Å². The monoisotopic (exact) mass is 471 g/mol. The van der Waals surface area contributed by atoms with Crippen LogP contribution in [0.5, 0.6) is 17.2 Å². The molecule has 1 heterocycles. The highest BCUT2D eigenvalue weighted by molar-refractivity contribution is 5.94. The number of likely N-dealkylation sites (N-methyl/N-ethyl adjacent to an activating group) is 1. The molecule has 1 aliphatic heterocycles. The van der Waals surface area contributed by atoms with Crippen LogP contribution in [0.4, 0.5) is 11.4 Å². The summed E-state index contributed by atoms with van der Waals surface area (Å²) >= 11 is 0. The fourth-order valence-electron chi connectivity index (χ4n) is 3.80. The normalized spacial score (nSPS) is 13.2. The summed E-state index contributed by atoms with van der Waals surface area (Å²) in [6.45, 7) is 3.12. The molecule has 0 atom stereocenters. The maximum absolute atomic E-state index is 12.6. The Balaban J connectivity index is 1.50. The fraction of sp³-hybridized carbons (Fsp3) is 0.440. The quantitative estimate of drug-likeness (QED) is 0.570. The third-order valence-electron chi connectivity index (χ3n) is 5.69. The van der Waals surface area contributed by atoms with Gasteiger partial charge in [0.25, 0.3) is 0 Å². The van der Waals surface area contributed by atoms with Crippen LogP contribution < -0.4 is 24.4 Å². The van der Waals surface area contributed by atoms with E-state index in [0.29, 0.717) is 29.4 Å². The van der Waals surface area contributed by atoms with E-state index in [1.54, 1.807) is 28.4 Å². The van der Waals surface area contributed by atoms with Gasteiger partial charge in [-0.2, -0.15) is 0 Å². The van der Waals surface area contributed by atoms with E-state index in [0.717, 1.165) is 37.6 Å². The number of amides is 2. The number of methoxy groups -OCH3 is 3. The van der Waals surface area contributed by atoms with E-state index < -0.39 is 0 Å². The molecule has 0 aromatic heterocycles. The van der Waals surface area contributed by atoms with Gasteiger partial charge >= 0.3 is 0 Å². The number of morpholine rings is 1. The van der Waals surface area contributed by atoms with Crippen LogP contribution in [0, 0.1) is 0 Å². The van der Waals surface area contributed by atoms with Crippen LogP contribution in [-0.4, -0.2) is 77.9 Å². The number of nitrogens with zero attached hydrogens (tertiary/aromatic N) is 2. The average Bonchev–Trinajstić information content (AvgIpc) is 2.87. The number of benzene rings is 2. The highest BCUT2D eigenvalue weighted by Gasteiger charge is 2.17. The molecular weight excluding hydrogens is 438 g/mol. The van der Waals surface area contributed by atoms with Gasteiger partial charge in [-0.15, -0.1) is 0 Å². The Kier molecular flexibility index (Phi) is 8.98. The minimum atomic E-state index is -0.247. The number of ether oxygens (including phenoxy) is 4. The minimum Gasteiger partial charge on any atom is -0.493 e. The van der Waals surface area contributed by atoms with Crippen molar-refractivity contribution in [1.29, 1.82) is 0 Å². The number of carbonyl (C=O) groups excluding carboxylic acids is 2. The van der Waals surface area contributed by atoms with Crippen LogP contribution in [0.25, 0.3) is 0 Å². The molecule has 184 valence electrons. The summed E-state index contributed by atoms with van der Waals surface area (Å²) in [5.41, 5.74) is 2.67. The summed E-state index contributed by atoms with van der Waals surface area (Å²) in [5, 5.41) is 2.85. The molecule has 1 fully saturated rings. The highest BCUT2D eigenvalue weighted by atomic mass is 16.5. The van der Waals surface area contributed by atoms with Crippen molar-refractivity contribution in [2.24, 2.45) is 0 Å². The van der Waals surface area contributed by atoms with E-state index >= 15 is 0 Å². The van der Waals surface area contributed by atoms with Crippen molar-refractivity contribution in [1.82, 2.24) is 4.90 Å². The van der Waals surface area contributed by atoms with Gasteiger partial charge in [0.05, 0.1) is 41.1 Å². The maximum atomic E-state index is 12.6. The molecular formula is C25H33N3O6. The van der Waals surface area contributed by atoms with Gasteiger partial charge in [-0.3, -0.25) is 9.59 Å². The van der Waals surface area contributed by atoms with E-state index in [1.165, 1.54) is 4.90 Å². The van der Waals surface area contributed by atoms with E-state index in [-0.39, 0.29) is 24.8 Å². The van der Waals surface area contributed by atoms with E-state index in [1.807, 2.05) is 36.4 Å². The third-order valence-corrected chi connectivity index (χ3v) is 5.69. The number of hydrogen-bond donors (Lipinski definition) is 1. The van der Waals surface area contributed by atoms with Crippen molar-refractivity contribution in [2.45, 2.75) is 12.8 Å². The summed E-state index contributed by atoms with van der Waals surface area (Å²) < 4.78 is 21.4. The SMILES string of the molecule is COc1cc(CCC(=O)N(C)CC(=O)Nc2ccc(N3CCOCC3)cc2)cc(OC)c1OC. The molecule has 2 amide bonds. The first kappa shape index (κ1) is 25.2. The second-order valence-corrected chi connectivity index (χ2v) is 7.98. The summed E-state index contributed by atoms with van der Waals surface area (Å²) in [5.74, 6) is 1.20. The lowest BCUT2D eigenvalue weighted by molar-refractivity contribution is -0.133. The molecule has 0 unspecified atom stereocenters. The van der Waals surface area contributed by atoms with Crippen molar-refractivity contribution in [3.8, 4) is 17.2 Å². The van der Waals surface area contributed by atoms with E-state index in [2.05, 4.69) is 10.2 Å². The van der Waals surface area contributed by atoms with Crippen molar-refractivity contribution in [2.75, 3.05) is 71.4 Å². The van der Waals surface area contributed by atoms with Gasteiger partial charge in [0.1, 0.15) is 0 Å². The first-order valence-electron chi connectivity index (χ1n) is 11.2. The predicted octanol–water partition coefficient (Wildman–Crippen LogP) is 2.58. The van der Waals surface area contributed by atoms with Crippen LogP contribution in [0.3, 0.4) is 0 Å². The Morgan fingerprint density at radius 2 is 1.62 bits per heavy atom. The summed E-state index contributed by atoms with van der Waals surface area (Å²) in [6, 6.07) is 11.3. The molecule has 3 rings (SSSR count). The van der Waals surface area contributed by atoms with Gasteiger partial charge in [-0.05, 0) is 48.4 Å². The van der Waals surface area contributed by atoms with Gasteiger partial charge < -0.3 is 34.1 Å². The average molecular weight is 472 g/mol. The number of carbonyl (C=O) groups is 2. The van der Waals surface area contributed by atoms with Gasteiger partial charge in [0, 0.05) is 37.9 Å². The predicted molar refractivity (Wildman–Crippen MR) is 130 cm³/mol. The lowest BCUT2D eigenvalue weighted by Gasteiger charge is -2.28. The maximum Gasteiger partial charge on any atom is 0.243 e. The van der Waals surface area contributed by atoms with E-state index in [4.69, 9.17) is 18.9 Å². The van der Waals surface area contributed by atoms with Gasteiger partial charge in [-0.25, -0.2) is 0 Å². The van der Waals surface area contributed by atoms with Crippen molar-refractivity contribution in [3.63, 3.8) is 0 Å². The molecule has 34 heavy (non-hydrogen) atoms. The van der Waals surface area contributed by atoms with Gasteiger partial charge in [0.2, 0.25) is 17.6 Å². The molecule has 9 nitrogen and oxygen atoms in total. The summed E-state index contributed by atoms with van der Waals surface area (Å²) in [6.07, 6.45) is 0.723. The van der Waals surface area contributed by atoms with Gasteiger partial charge in [0.15, 0.2) is 11.5 Å². The Bertz CT molecular complexity index is 948. The zero-order valence-electron chi connectivity index (χ0n) is 20.3. The number of anilines is 2. The molecule has 0 radical (unpaired) electrons. The largest absolute Gasteiger partial charge is 0.493 e. The molecule has 0 saturated carbocycles. The Morgan fingerprint density at radius 3 is 2.18 bits per heavy atom. The standard InChI is InChI=1S/C25H33N3O6/c1-27(24(30)10-5-18-15-21(31-2)25(33-4)22(16-18)32-3)17-23(29)26-19-6-8-20(9-7-19)28-11-13-34-14-12-28/h6-9,15-16H,5,10-14,17H2,1-4H3,(H,26,29). The van der Waals surface area contributed by atoms with E-state index in [9.17, 15) is 9.59 Å².